The van der Waals surface area contributed by atoms with Gasteiger partial charge in [0.2, 0.25) is 0 Å². The van der Waals surface area contributed by atoms with Crippen LogP contribution < -0.4 is 5.32 Å². The molecule has 0 aliphatic carbocycles. The summed E-state index contributed by atoms with van der Waals surface area (Å²) in [6.07, 6.45) is 1.72. The van der Waals surface area contributed by atoms with Gasteiger partial charge in [-0.3, -0.25) is 4.68 Å². The van der Waals surface area contributed by atoms with E-state index in [1.165, 1.54) is 4.88 Å². The third kappa shape index (κ3) is 3.20. The highest BCUT2D eigenvalue weighted by Crippen LogP contribution is 2.31. The molecule has 0 saturated carbocycles. The maximum absolute atomic E-state index is 6.35. The molecule has 110 valence electrons. The van der Waals surface area contributed by atoms with E-state index in [-0.39, 0.29) is 6.04 Å². The van der Waals surface area contributed by atoms with Crippen molar-refractivity contribution in [2.24, 2.45) is 0 Å². The Morgan fingerprint density at radius 1 is 1.50 bits per heavy atom. The first-order chi connectivity index (χ1) is 9.54. The average molecular weight is 314 g/mol. The summed E-state index contributed by atoms with van der Waals surface area (Å²) in [5.41, 5.74) is 3.90. The summed E-state index contributed by atoms with van der Waals surface area (Å²) in [6.45, 7) is 3.75. The Hall–Kier alpha value is -0.950. The van der Waals surface area contributed by atoms with Crippen LogP contribution in [0.4, 0.5) is 0 Å². The molecule has 20 heavy (non-hydrogen) atoms. The fraction of sp³-hybridized carbons (Fsp3) is 0.538. The summed E-state index contributed by atoms with van der Waals surface area (Å²) in [6, 6.07) is 0.0275. The molecule has 1 atom stereocenters. The van der Waals surface area contributed by atoms with E-state index in [0.29, 0.717) is 5.02 Å². The van der Waals surface area contributed by atoms with Gasteiger partial charge in [-0.1, -0.05) is 11.6 Å². The lowest BCUT2D eigenvalue weighted by Gasteiger charge is -2.19. The third-order valence-corrected chi connectivity index (χ3v) is 4.49. The van der Waals surface area contributed by atoms with Crippen LogP contribution in [-0.2, 0) is 6.54 Å². The predicted molar refractivity (Wildman–Crippen MR) is 83.5 cm³/mol. The minimum atomic E-state index is 0.0275. The largest absolute Gasteiger partial charge is 0.308 e. The van der Waals surface area contributed by atoms with Crippen LogP contribution in [0.5, 0.6) is 0 Å². The second kappa shape index (κ2) is 6.67. The normalized spacial score (nSPS) is 13.1. The number of rotatable bonds is 6. The smallest absolute Gasteiger partial charge is 0.0873 e. The van der Waals surface area contributed by atoms with Gasteiger partial charge in [-0.05, 0) is 28.1 Å². The Balaban J connectivity index is 2.34. The van der Waals surface area contributed by atoms with Gasteiger partial charge in [0.05, 0.1) is 45.6 Å². The highest BCUT2D eigenvalue weighted by atomic mass is 35.5. The minimum absolute atomic E-state index is 0.0275. The monoisotopic (exact) mass is 313 g/mol. The van der Waals surface area contributed by atoms with Crippen molar-refractivity contribution in [1.29, 1.82) is 0 Å². The van der Waals surface area contributed by atoms with Crippen molar-refractivity contribution in [2.45, 2.75) is 19.5 Å². The van der Waals surface area contributed by atoms with Crippen LogP contribution in [-0.4, -0.2) is 47.4 Å². The van der Waals surface area contributed by atoms with Crippen LogP contribution in [0.1, 0.15) is 22.3 Å². The molecule has 2 aromatic rings. The van der Waals surface area contributed by atoms with Gasteiger partial charge in [-0.2, -0.15) is 5.10 Å². The van der Waals surface area contributed by atoms with E-state index in [1.807, 2.05) is 38.3 Å². The van der Waals surface area contributed by atoms with Crippen molar-refractivity contribution in [1.82, 2.24) is 25.0 Å². The van der Waals surface area contributed by atoms with Gasteiger partial charge in [0.1, 0.15) is 0 Å². The lowest BCUT2D eigenvalue weighted by molar-refractivity contribution is 0.366. The van der Waals surface area contributed by atoms with Crippen LogP contribution >= 0.6 is 22.9 Å². The fourth-order valence-electron chi connectivity index (χ4n) is 2.11. The summed E-state index contributed by atoms with van der Waals surface area (Å²) in [5.74, 6) is 0. The molecule has 0 aliphatic heterocycles. The number of likely N-dealkylation sites (N-methyl/N-ethyl adjacent to an activating group) is 1. The topological polar surface area (TPSA) is 46.0 Å². The molecule has 7 heteroatoms. The van der Waals surface area contributed by atoms with Crippen molar-refractivity contribution < 1.29 is 0 Å². The Kier molecular flexibility index (Phi) is 5.15. The summed E-state index contributed by atoms with van der Waals surface area (Å²) < 4.78 is 1.97. The molecule has 1 unspecified atom stereocenters. The number of hydrogen-bond donors (Lipinski definition) is 1. The van der Waals surface area contributed by atoms with Crippen LogP contribution in [0.25, 0.3) is 0 Å². The zero-order valence-corrected chi connectivity index (χ0v) is 13.8. The Bertz CT molecular complexity index is 563. The molecular formula is C13H20ClN5S. The van der Waals surface area contributed by atoms with Crippen LogP contribution in [0.2, 0.25) is 5.02 Å². The third-order valence-electron chi connectivity index (χ3n) is 3.20. The van der Waals surface area contributed by atoms with Crippen molar-refractivity contribution in [3.05, 3.63) is 33.0 Å². The molecule has 2 aromatic heterocycles. The first-order valence-electron chi connectivity index (χ1n) is 6.47. The Morgan fingerprint density at radius 2 is 2.25 bits per heavy atom. The quantitative estimate of drug-likeness (QED) is 0.888. The highest BCUT2D eigenvalue weighted by Gasteiger charge is 2.23. The number of thiazole rings is 1. The average Bonchev–Trinajstić information content (AvgIpc) is 2.97. The maximum atomic E-state index is 6.35. The van der Waals surface area contributed by atoms with Gasteiger partial charge < -0.3 is 10.2 Å². The van der Waals surface area contributed by atoms with Gasteiger partial charge in [0.15, 0.2) is 0 Å². The summed E-state index contributed by atoms with van der Waals surface area (Å²) in [5, 5.41) is 8.42. The lowest BCUT2D eigenvalue weighted by atomic mass is 10.1. The second-order valence-corrected chi connectivity index (χ2v) is 6.22. The van der Waals surface area contributed by atoms with E-state index in [0.717, 1.165) is 24.5 Å². The summed E-state index contributed by atoms with van der Waals surface area (Å²) in [7, 11) is 6.03. The van der Waals surface area contributed by atoms with Gasteiger partial charge in [-0.15, -0.1) is 11.3 Å². The SMILES string of the molecule is CNC(c1scnc1C)c1c(Cl)cnn1CCN(C)C. The zero-order chi connectivity index (χ0) is 14.7. The molecule has 0 bridgehead atoms. The molecule has 1 N–H and O–H groups in total. The van der Waals surface area contributed by atoms with E-state index in [4.69, 9.17) is 11.6 Å². The van der Waals surface area contributed by atoms with Crippen molar-refractivity contribution >= 4 is 22.9 Å². The molecular weight excluding hydrogens is 294 g/mol. The molecule has 5 nitrogen and oxygen atoms in total. The van der Waals surface area contributed by atoms with Crippen LogP contribution in [0.3, 0.4) is 0 Å². The predicted octanol–water partition coefficient (Wildman–Crippen LogP) is 2.17. The minimum Gasteiger partial charge on any atom is -0.308 e. The number of nitrogens with zero attached hydrogens (tertiary/aromatic N) is 4. The second-order valence-electron chi connectivity index (χ2n) is 4.93. The molecule has 0 aromatic carbocycles. The highest BCUT2D eigenvalue weighted by molar-refractivity contribution is 7.09. The first kappa shape index (κ1) is 15.4. The van der Waals surface area contributed by atoms with E-state index in [2.05, 4.69) is 20.3 Å². The Labute approximate surface area is 128 Å². The van der Waals surface area contributed by atoms with Crippen molar-refractivity contribution in [2.75, 3.05) is 27.7 Å². The van der Waals surface area contributed by atoms with E-state index < -0.39 is 0 Å². The van der Waals surface area contributed by atoms with Gasteiger partial charge >= 0.3 is 0 Å². The molecule has 0 spiro atoms. The Morgan fingerprint density at radius 3 is 2.80 bits per heavy atom. The van der Waals surface area contributed by atoms with Gasteiger partial charge in [0, 0.05) is 6.54 Å². The number of nitrogens with one attached hydrogen (secondary N) is 1. The maximum Gasteiger partial charge on any atom is 0.0873 e. The summed E-state index contributed by atoms with van der Waals surface area (Å²) in [4.78, 5) is 7.64. The molecule has 0 radical (unpaired) electrons. The number of aromatic nitrogens is 3. The van der Waals surface area contributed by atoms with Crippen molar-refractivity contribution in [3.63, 3.8) is 0 Å². The number of aryl methyl sites for hydroxylation is 1. The number of halogens is 1. The van der Waals surface area contributed by atoms with Gasteiger partial charge in [0.25, 0.3) is 0 Å². The fourth-order valence-corrected chi connectivity index (χ4v) is 3.28. The number of hydrogen-bond acceptors (Lipinski definition) is 5. The standard InChI is InChI=1S/C13H20ClN5S/c1-9-13(20-8-16-9)11(15-2)12-10(14)7-17-19(12)6-5-18(3)4/h7-8,11,15H,5-6H2,1-4H3. The van der Waals surface area contributed by atoms with E-state index >= 15 is 0 Å². The lowest BCUT2D eigenvalue weighted by Crippen LogP contribution is -2.25. The first-order valence-corrected chi connectivity index (χ1v) is 7.73. The molecule has 2 rings (SSSR count). The molecule has 2 heterocycles. The van der Waals surface area contributed by atoms with E-state index in [9.17, 15) is 0 Å². The van der Waals surface area contributed by atoms with Crippen LogP contribution in [0, 0.1) is 6.92 Å². The molecule has 0 fully saturated rings. The molecule has 0 saturated heterocycles. The van der Waals surface area contributed by atoms with Gasteiger partial charge in [-0.25, -0.2) is 4.98 Å². The van der Waals surface area contributed by atoms with E-state index in [1.54, 1.807) is 17.5 Å². The van der Waals surface area contributed by atoms with Crippen molar-refractivity contribution in [3.8, 4) is 0 Å². The zero-order valence-electron chi connectivity index (χ0n) is 12.2. The van der Waals surface area contributed by atoms with Crippen LogP contribution in [0.15, 0.2) is 11.7 Å². The summed E-state index contributed by atoms with van der Waals surface area (Å²) >= 11 is 7.99. The molecule has 0 aliphatic rings. The molecule has 0 amide bonds.